The van der Waals surface area contributed by atoms with Crippen LogP contribution < -0.4 is 10.2 Å². The fourth-order valence-electron chi connectivity index (χ4n) is 3.96. The molecule has 4 rings (SSSR count). The van der Waals surface area contributed by atoms with Gasteiger partial charge in [-0.15, -0.1) is 0 Å². The first-order chi connectivity index (χ1) is 17.3. The molecule has 12 heteroatoms. The van der Waals surface area contributed by atoms with Gasteiger partial charge in [-0.05, 0) is 55.3 Å². The second-order valence-electron chi connectivity index (χ2n) is 8.19. The quantitative estimate of drug-likeness (QED) is 0.188. The van der Waals surface area contributed by atoms with Gasteiger partial charge < -0.3 is 10.1 Å². The molecule has 0 aliphatic heterocycles. The van der Waals surface area contributed by atoms with E-state index >= 15 is 0 Å². The van der Waals surface area contributed by atoms with Crippen molar-refractivity contribution in [2.45, 2.75) is 19.0 Å². The normalized spacial score (nSPS) is 11.7. The third-order valence-electron chi connectivity index (χ3n) is 5.63. The summed E-state index contributed by atoms with van der Waals surface area (Å²) in [4.78, 5) is 15.6. The molecule has 0 aliphatic carbocycles. The van der Waals surface area contributed by atoms with E-state index in [0.717, 1.165) is 28.4 Å². The Labute approximate surface area is 204 Å². The number of hydrogen-bond acceptors (Lipinski definition) is 5. The van der Waals surface area contributed by atoms with E-state index in [4.69, 9.17) is 10.3 Å². The summed E-state index contributed by atoms with van der Waals surface area (Å²) in [7, 11) is 1.76. The second-order valence-corrected chi connectivity index (χ2v) is 8.19. The molecule has 0 bridgehead atoms. The van der Waals surface area contributed by atoms with Crippen molar-refractivity contribution in [2.75, 3.05) is 26.3 Å². The van der Waals surface area contributed by atoms with Gasteiger partial charge in [-0.2, -0.15) is 18.3 Å². The number of carbonyl (C=O) groups is 1. The number of rotatable bonds is 10. The highest BCUT2D eigenvalue weighted by atomic mass is 19.4. The summed E-state index contributed by atoms with van der Waals surface area (Å²) in [5.74, 6) is -0.230. The second kappa shape index (κ2) is 10.7. The molecule has 1 amide bonds. The minimum absolute atomic E-state index is 0.230. The maximum Gasteiger partial charge on any atom is 0.416 e. The molecule has 36 heavy (non-hydrogen) atoms. The SMILES string of the molecule is Cn1cc2c3cc(C(=O)NCCCOCCCN=[N+]=N)ccc3n(-c3ccc(C(F)(F)F)cc3)c2n1. The summed E-state index contributed by atoms with van der Waals surface area (Å²) in [6.45, 7) is 1.90. The van der Waals surface area contributed by atoms with E-state index in [1.807, 2.05) is 6.20 Å². The molecule has 0 fully saturated rings. The van der Waals surface area contributed by atoms with Gasteiger partial charge in [0.1, 0.15) is 17.2 Å². The number of carbonyl (C=O) groups excluding carboxylic acids is 1. The van der Waals surface area contributed by atoms with Gasteiger partial charge in [0, 0.05) is 55.0 Å². The smallest absolute Gasteiger partial charge is 0.381 e. The Morgan fingerprint density at radius 3 is 2.61 bits per heavy atom. The number of aromatic nitrogens is 3. The number of hydrogen-bond donors (Lipinski definition) is 2. The number of halogens is 3. The molecule has 0 atom stereocenters. The van der Waals surface area contributed by atoms with Crippen LogP contribution in [-0.4, -0.2) is 46.6 Å². The molecule has 4 aromatic rings. The molecule has 2 aromatic heterocycles. The molecule has 0 unspecified atom stereocenters. The third kappa shape index (κ3) is 5.45. The van der Waals surface area contributed by atoms with E-state index < -0.39 is 11.7 Å². The maximum absolute atomic E-state index is 13.0. The number of fused-ring (bicyclic) bond motifs is 3. The fourth-order valence-corrected chi connectivity index (χ4v) is 3.96. The van der Waals surface area contributed by atoms with Gasteiger partial charge in [0.25, 0.3) is 5.91 Å². The molecule has 2 N–H and O–H groups in total. The van der Waals surface area contributed by atoms with Gasteiger partial charge in [0.05, 0.1) is 11.1 Å². The number of benzene rings is 2. The van der Waals surface area contributed by atoms with Crippen molar-refractivity contribution >= 4 is 27.8 Å². The number of nitrogens with one attached hydrogen (secondary N) is 2. The first kappa shape index (κ1) is 25.1. The van der Waals surface area contributed by atoms with Gasteiger partial charge in [0.2, 0.25) is 4.91 Å². The molecule has 2 heterocycles. The van der Waals surface area contributed by atoms with Gasteiger partial charge in [0.15, 0.2) is 5.65 Å². The van der Waals surface area contributed by atoms with E-state index in [1.54, 1.807) is 34.5 Å². The zero-order valence-corrected chi connectivity index (χ0v) is 19.5. The lowest BCUT2D eigenvalue weighted by Crippen LogP contribution is -2.25. The van der Waals surface area contributed by atoms with Crippen LogP contribution in [0.2, 0.25) is 0 Å². The van der Waals surface area contributed by atoms with E-state index in [1.165, 1.54) is 12.1 Å². The molecular formula is C24H25F3N7O2+. The zero-order chi connectivity index (χ0) is 25.7. The van der Waals surface area contributed by atoms with Gasteiger partial charge in [-0.25, -0.2) is 0 Å². The summed E-state index contributed by atoms with van der Waals surface area (Å²) in [6.07, 6.45) is -1.27. The molecule has 0 saturated heterocycles. The molecule has 2 aromatic carbocycles. The first-order valence-electron chi connectivity index (χ1n) is 11.3. The van der Waals surface area contributed by atoms with Crippen LogP contribution in [0.1, 0.15) is 28.8 Å². The third-order valence-corrected chi connectivity index (χ3v) is 5.63. The molecule has 188 valence electrons. The van der Waals surface area contributed by atoms with Crippen LogP contribution in [0.25, 0.3) is 27.6 Å². The Balaban J connectivity index is 1.50. The van der Waals surface area contributed by atoms with Crippen LogP contribution in [0.3, 0.4) is 0 Å². The van der Waals surface area contributed by atoms with E-state index in [2.05, 4.69) is 20.4 Å². The number of alkyl halides is 3. The predicted octanol–water partition coefficient (Wildman–Crippen LogP) is 4.61. The average molecular weight is 501 g/mol. The van der Waals surface area contributed by atoms with Crippen LogP contribution in [0.15, 0.2) is 53.8 Å². The van der Waals surface area contributed by atoms with Crippen LogP contribution >= 0.6 is 0 Å². The minimum atomic E-state index is -4.42. The summed E-state index contributed by atoms with van der Waals surface area (Å²) in [5.41, 5.74) is 8.19. The van der Waals surface area contributed by atoms with E-state index in [9.17, 15) is 18.0 Å². The Bertz CT molecular complexity index is 1420. The lowest BCUT2D eigenvalue weighted by atomic mass is 10.1. The van der Waals surface area contributed by atoms with Crippen molar-refractivity contribution in [1.29, 1.82) is 5.53 Å². The number of amides is 1. The van der Waals surface area contributed by atoms with Crippen LogP contribution in [0.4, 0.5) is 13.2 Å². The van der Waals surface area contributed by atoms with Gasteiger partial charge >= 0.3 is 6.18 Å². The van der Waals surface area contributed by atoms with Gasteiger partial charge in [-0.1, -0.05) is 0 Å². The van der Waals surface area contributed by atoms with Crippen molar-refractivity contribution < 1.29 is 22.7 Å². The van der Waals surface area contributed by atoms with Crippen LogP contribution in [-0.2, 0) is 18.0 Å². The standard InChI is InChI=1S/C24H24F3N7O2/c1-33-15-20-19-14-16(23(35)29-10-2-12-36-13-3-11-30-32-28)4-9-21(19)34(22(20)31-33)18-7-5-17(6-8-18)24(25,26)27/h4-9,14-15,28H,2-3,10-13H2,1H3/p+1. The highest BCUT2D eigenvalue weighted by Crippen LogP contribution is 2.34. The van der Waals surface area contributed by atoms with Crippen LogP contribution in [0, 0.1) is 5.53 Å². The molecule has 9 nitrogen and oxygen atoms in total. The van der Waals surface area contributed by atoms with Crippen molar-refractivity contribution in [1.82, 2.24) is 24.6 Å². The molecule has 0 radical (unpaired) electrons. The summed E-state index contributed by atoms with van der Waals surface area (Å²) >= 11 is 0. The fraction of sp³-hybridized carbons (Fsp3) is 0.333. The monoisotopic (exact) mass is 500 g/mol. The highest BCUT2D eigenvalue weighted by Gasteiger charge is 2.30. The number of aryl methyl sites for hydroxylation is 1. The van der Waals surface area contributed by atoms with E-state index in [-0.39, 0.29) is 5.91 Å². The Hall–Kier alpha value is -4.02. The maximum atomic E-state index is 13.0. The highest BCUT2D eigenvalue weighted by molar-refractivity contribution is 6.10. The first-order valence-corrected chi connectivity index (χ1v) is 11.3. The van der Waals surface area contributed by atoms with Crippen molar-refractivity contribution in [3.63, 3.8) is 0 Å². The molecule has 0 spiro atoms. The Morgan fingerprint density at radius 1 is 1.14 bits per heavy atom. The number of nitrogens with zero attached hydrogens (tertiary/aromatic N) is 5. The Morgan fingerprint density at radius 2 is 1.89 bits per heavy atom. The van der Waals surface area contributed by atoms with Crippen molar-refractivity contribution in [3.05, 3.63) is 59.8 Å². The lowest BCUT2D eigenvalue weighted by molar-refractivity contribution is -0.137. The lowest BCUT2D eigenvalue weighted by Gasteiger charge is -2.10. The molecular weight excluding hydrogens is 475 g/mol. The van der Waals surface area contributed by atoms with Crippen LogP contribution in [0.5, 0.6) is 0 Å². The van der Waals surface area contributed by atoms with Crippen molar-refractivity contribution in [3.8, 4) is 5.69 Å². The zero-order valence-electron chi connectivity index (χ0n) is 19.5. The Kier molecular flexibility index (Phi) is 7.47. The van der Waals surface area contributed by atoms with Crippen molar-refractivity contribution in [2.24, 2.45) is 12.2 Å². The molecule has 0 saturated carbocycles. The predicted molar refractivity (Wildman–Crippen MR) is 127 cm³/mol. The summed E-state index contributed by atoms with van der Waals surface area (Å²) < 4.78 is 47.9. The topological polar surface area (TPSA) is 111 Å². The van der Waals surface area contributed by atoms with E-state index in [0.29, 0.717) is 56.0 Å². The summed E-state index contributed by atoms with van der Waals surface area (Å²) in [5, 5.41) is 12.5. The summed E-state index contributed by atoms with van der Waals surface area (Å²) in [6, 6.07) is 10.2. The van der Waals surface area contributed by atoms with Gasteiger partial charge in [-0.3, -0.25) is 14.0 Å². The molecule has 0 aliphatic rings. The average Bonchev–Trinajstić information content (AvgIpc) is 3.36. The minimum Gasteiger partial charge on any atom is -0.381 e. The number of ether oxygens (including phenoxy) is 1. The largest absolute Gasteiger partial charge is 0.416 e.